The second-order valence-corrected chi connectivity index (χ2v) is 6.72. The van der Waals surface area contributed by atoms with Crippen molar-refractivity contribution in [2.45, 2.75) is 20.4 Å². The number of nitrogens with two attached hydrogens (primary N) is 1. The van der Waals surface area contributed by atoms with Gasteiger partial charge in [-0.2, -0.15) is 0 Å². The van der Waals surface area contributed by atoms with Gasteiger partial charge in [-0.15, -0.1) is 0 Å². The zero-order chi connectivity index (χ0) is 17.5. The van der Waals surface area contributed by atoms with E-state index in [0.717, 1.165) is 5.56 Å². The number of rotatable bonds is 7. The first-order valence-electron chi connectivity index (χ1n) is 7.44. The smallest absolute Gasteiger partial charge is 0.315 e. The molecular formula is C16H25ClN4O2. The van der Waals surface area contributed by atoms with Crippen molar-refractivity contribution in [1.29, 1.82) is 0 Å². The first-order valence-corrected chi connectivity index (χ1v) is 7.81. The highest BCUT2D eigenvalue weighted by Gasteiger charge is 2.21. The fourth-order valence-corrected chi connectivity index (χ4v) is 2.06. The summed E-state index contributed by atoms with van der Waals surface area (Å²) in [6.07, 6.45) is 0. The summed E-state index contributed by atoms with van der Waals surface area (Å²) in [6, 6.07) is 6.79. The maximum Gasteiger partial charge on any atom is 0.315 e. The molecule has 23 heavy (non-hydrogen) atoms. The van der Waals surface area contributed by atoms with Crippen molar-refractivity contribution < 1.29 is 9.59 Å². The Labute approximate surface area is 142 Å². The van der Waals surface area contributed by atoms with Gasteiger partial charge >= 0.3 is 6.03 Å². The van der Waals surface area contributed by atoms with E-state index in [1.165, 1.54) is 0 Å². The van der Waals surface area contributed by atoms with E-state index in [2.05, 4.69) is 10.6 Å². The number of carbonyl (C=O) groups is 2. The van der Waals surface area contributed by atoms with Gasteiger partial charge in [-0.25, -0.2) is 4.79 Å². The van der Waals surface area contributed by atoms with E-state index in [1.54, 1.807) is 24.1 Å². The number of benzene rings is 1. The number of carbonyl (C=O) groups excluding carboxylic acids is 2. The van der Waals surface area contributed by atoms with Crippen molar-refractivity contribution in [1.82, 2.24) is 15.5 Å². The van der Waals surface area contributed by atoms with Crippen molar-refractivity contribution in [2.24, 2.45) is 11.1 Å². The molecule has 0 atom stereocenters. The Bertz CT molecular complexity index is 531. The summed E-state index contributed by atoms with van der Waals surface area (Å²) in [4.78, 5) is 25.3. The highest BCUT2D eigenvalue weighted by molar-refractivity contribution is 6.30. The van der Waals surface area contributed by atoms with Crippen molar-refractivity contribution in [3.8, 4) is 0 Å². The molecule has 0 bridgehead atoms. The molecule has 1 aromatic carbocycles. The van der Waals surface area contributed by atoms with Crippen molar-refractivity contribution in [3.05, 3.63) is 34.9 Å². The number of nitrogens with zero attached hydrogens (tertiary/aromatic N) is 1. The highest BCUT2D eigenvalue weighted by Crippen LogP contribution is 2.13. The largest absolute Gasteiger partial charge is 0.344 e. The van der Waals surface area contributed by atoms with Crippen LogP contribution in [-0.2, 0) is 11.3 Å². The van der Waals surface area contributed by atoms with E-state index in [-0.39, 0.29) is 23.9 Å². The lowest BCUT2D eigenvalue weighted by molar-refractivity contribution is -0.129. The number of nitrogens with one attached hydrogen (secondary N) is 2. The molecule has 128 valence electrons. The van der Waals surface area contributed by atoms with Crippen molar-refractivity contribution in [3.63, 3.8) is 0 Å². The minimum absolute atomic E-state index is 0.0520. The number of urea groups is 1. The van der Waals surface area contributed by atoms with Crippen molar-refractivity contribution in [2.75, 3.05) is 26.7 Å². The molecule has 7 heteroatoms. The maximum atomic E-state index is 12.0. The molecule has 3 amide bonds. The number of halogens is 1. The molecule has 0 saturated heterocycles. The molecule has 0 heterocycles. The lowest BCUT2D eigenvalue weighted by atomic mass is 9.93. The molecular weight excluding hydrogens is 316 g/mol. The Balaban J connectivity index is 2.32. The molecule has 0 saturated carbocycles. The first-order chi connectivity index (χ1) is 10.7. The third kappa shape index (κ3) is 7.34. The molecule has 1 aromatic rings. The normalized spacial score (nSPS) is 11.0. The standard InChI is InChI=1S/C16H25ClN4O2/c1-16(2,10-18)11-21(3)14(22)9-20-15(23)19-8-12-4-6-13(17)7-5-12/h4-7H,8-11,18H2,1-3H3,(H2,19,20,23). The van der Waals surface area contributed by atoms with Gasteiger partial charge in [0, 0.05) is 25.2 Å². The molecule has 0 fully saturated rings. The van der Waals surface area contributed by atoms with Crippen LogP contribution in [0.3, 0.4) is 0 Å². The molecule has 1 rings (SSSR count). The fraction of sp³-hybridized carbons (Fsp3) is 0.500. The molecule has 0 spiro atoms. The van der Waals surface area contributed by atoms with Gasteiger partial charge in [-0.05, 0) is 29.7 Å². The van der Waals surface area contributed by atoms with E-state index in [1.807, 2.05) is 26.0 Å². The second kappa shape index (κ2) is 8.74. The average Bonchev–Trinajstić information content (AvgIpc) is 2.51. The molecule has 0 unspecified atom stereocenters. The monoisotopic (exact) mass is 340 g/mol. The summed E-state index contributed by atoms with van der Waals surface area (Å²) < 4.78 is 0. The van der Waals surface area contributed by atoms with Crippen LogP contribution >= 0.6 is 11.6 Å². The number of likely N-dealkylation sites (N-methyl/N-ethyl adjacent to an activating group) is 1. The Morgan fingerprint density at radius 1 is 1.22 bits per heavy atom. The predicted octanol–water partition coefficient (Wildman–Crippen LogP) is 1.58. The Morgan fingerprint density at radius 3 is 2.39 bits per heavy atom. The third-order valence-electron chi connectivity index (χ3n) is 3.41. The minimum atomic E-state index is -0.389. The molecule has 4 N–H and O–H groups in total. The van der Waals surface area contributed by atoms with Gasteiger partial charge in [0.15, 0.2) is 0 Å². The second-order valence-electron chi connectivity index (χ2n) is 6.28. The van der Waals surface area contributed by atoms with Crippen LogP contribution in [0.2, 0.25) is 5.02 Å². The van der Waals surface area contributed by atoms with Crippen LogP contribution in [-0.4, -0.2) is 43.5 Å². The summed E-state index contributed by atoms with van der Waals surface area (Å²) in [5.74, 6) is -0.159. The molecule has 0 radical (unpaired) electrons. The summed E-state index contributed by atoms with van der Waals surface area (Å²) in [7, 11) is 1.70. The van der Waals surface area contributed by atoms with Gasteiger partial charge in [0.1, 0.15) is 0 Å². The van der Waals surface area contributed by atoms with Crippen LogP contribution in [0.15, 0.2) is 24.3 Å². The molecule has 0 aliphatic heterocycles. The van der Waals surface area contributed by atoms with Crippen LogP contribution in [0.5, 0.6) is 0 Å². The molecule has 0 aromatic heterocycles. The van der Waals surface area contributed by atoms with E-state index in [9.17, 15) is 9.59 Å². The number of hydrogen-bond acceptors (Lipinski definition) is 3. The quantitative estimate of drug-likeness (QED) is 0.704. The van der Waals surface area contributed by atoms with Crippen LogP contribution < -0.4 is 16.4 Å². The van der Waals surface area contributed by atoms with Gasteiger partial charge < -0.3 is 21.3 Å². The van der Waals surface area contributed by atoms with E-state index in [0.29, 0.717) is 24.7 Å². The summed E-state index contributed by atoms with van der Waals surface area (Å²) in [5, 5.41) is 5.88. The first kappa shape index (κ1) is 19.3. The lowest BCUT2D eigenvalue weighted by Crippen LogP contribution is -2.45. The number of hydrogen-bond donors (Lipinski definition) is 3. The maximum absolute atomic E-state index is 12.0. The lowest BCUT2D eigenvalue weighted by Gasteiger charge is -2.29. The van der Waals surface area contributed by atoms with Gasteiger partial charge in [0.2, 0.25) is 5.91 Å². The van der Waals surface area contributed by atoms with E-state index in [4.69, 9.17) is 17.3 Å². The van der Waals surface area contributed by atoms with Crippen LogP contribution in [0.4, 0.5) is 4.79 Å². The molecule has 0 aliphatic rings. The molecule has 0 aliphatic carbocycles. The van der Waals surface area contributed by atoms with Crippen molar-refractivity contribution >= 4 is 23.5 Å². The zero-order valence-electron chi connectivity index (χ0n) is 13.9. The summed E-state index contributed by atoms with van der Waals surface area (Å²) in [5.41, 5.74) is 6.43. The molecule has 6 nitrogen and oxygen atoms in total. The van der Waals surface area contributed by atoms with Gasteiger partial charge in [-0.3, -0.25) is 4.79 Å². The zero-order valence-corrected chi connectivity index (χ0v) is 14.6. The van der Waals surface area contributed by atoms with E-state index >= 15 is 0 Å². The minimum Gasteiger partial charge on any atom is -0.344 e. The fourth-order valence-electron chi connectivity index (χ4n) is 1.93. The van der Waals surface area contributed by atoms with Crippen LogP contribution in [0, 0.1) is 5.41 Å². The van der Waals surface area contributed by atoms with Gasteiger partial charge in [0.05, 0.1) is 6.54 Å². The Morgan fingerprint density at radius 2 is 1.83 bits per heavy atom. The SMILES string of the molecule is CN(CC(C)(C)CN)C(=O)CNC(=O)NCc1ccc(Cl)cc1. The summed E-state index contributed by atoms with van der Waals surface area (Å²) in [6.45, 7) is 5.32. The Hall–Kier alpha value is -1.79. The number of amides is 3. The topological polar surface area (TPSA) is 87.5 Å². The Kier molecular flexibility index (Phi) is 7.32. The highest BCUT2D eigenvalue weighted by atomic mass is 35.5. The summed E-state index contributed by atoms with van der Waals surface area (Å²) >= 11 is 5.80. The average molecular weight is 341 g/mol. The van der Waals surface area contributed by atoms with Crippen LogP contribution in [0.1, 0.15) is 19.4 Å². The van der Waals surface area contributed by atoms with Crippen LogP contribution in [0.25, 0.3) is 0 Å². The van der Waals surface area contributed by atoms with E-state index < -0.39 is 0 Å². The third-order valence-corrected chi connectivity index (χ3v) is 3.66. The van der Waals surface area contributed by atoms with Gasteiger partial charge in [0.25, 0.3) is 0 Å². The van der Waals surface area contributed by atoms with Gasteiger partial charge in [-0.1, -0.05) is 37.6 Å². The predicted molar refractivity (Wildman–Crippen MR) is 92.2 cm³/mol.